The van der Waals surface area contributed by atoms with Gasteiger partial charge in [0.1, 0.15) is 22.9 Å². The molecule has 0 radical (unpaired) electrons. The Kier molecular flexibility index (Phi) is 4.49. The van der Waals surface area contributed by atoms with Gasteiger partial charge >= 0.3 is 5.63 Å². The monoisotopic (exact) mass is 359 g/mol. The molecule has 27 heavy (non-hydrogen) atoms. The first-order valence-corrected chi connectivity index (χ1v) is 8.28. The Morgan fingerprint density at radius 3 is 2.48 bits per heavy atom. The predicted molar refractivity (Wildman–Crippen MR) is 103 cm³/mol. The molecule has 5 heteroatoms. The number of hydrogen-bond acceptors (Lipinski definition) is 4. The molecule has 0 fully saturated rings. The fourth-order valence-electron chi connectivity index (χ4n) is 2.62. The lowest BCUT2D eigenvalue weighted by atomic mass is 10.2. The van der Waals surface area contributed by atoms with Crippen LogP contribution in [0.25, 0.3) is 11.0 Å². The van der Waals surface area contributed by atoms with Gasteiger partial charge in [-0.1, -0.05) is 30.3 Å². The minimum absolute atomic E-state index is 0.323. The van der Waals surface area contributed by atoms with E-state index in [-0.39, 0.29) is 5.82 Å². The summed E-state index contributed by atoms with van der Waals surface area (Å²) in [7, 11) is 0. The maximum absolute atomic E-state index is 13.6. The highest BCUT2D eigenvalue weighted by molar-refractivity contribution is 5.83. The topological polar surface area (TPSA) is 51.8 Å². The fraction of sp³-hybridized carbons (Fsp3) is 0. The molecule has 0 amide bonds. The van der Waals surface area contributed by atoms with Gasteiger partial charge in [-0.25, -0.2) is 9.18 Å². The van der Waals surface area contributed by atoms with Crippen LogP contribution in [0.2, 0.25) is 0 Å². The summed E-state index contributed by atoms with van der Waals surface area (Å²) < 4.78 is 24.6. The van der Waals surface area contributed by atoms with Gasteiger partial charge in [-0.15, -0.1) is 0 Å². The van der Waals surface area contributed by atoms with E-state index in [0.29, 0.717) is 33.7 Å². The summed E-state index contributed by atoms with van der Waals surface area (Å²) >= 11 is 0. The second-order valence-electron chi connectivity index (χ2n) is 5.80. The normalized spacial score (nSPS) is 11.1. The zero-order chi connectivity index (χ0) is 18.6. The molecule has 0 N–H and O–H groups in total. The number of benzene rings is 3. The van der Waals surface area contributed by atoms with Gasteiger partial charge in [0.2, 0.25) is 0 Å². The fourth-order valence-corrected chi connectivity index (χ4v) is 2.62. The van der Waals surface area contributed by atoms with Crippen molar-refractivity contribution in [1.82, 2.24) is 0 Å². The maximum Gasteiger partial charge on any atom is 0.339 e. The minimum atomic E-state index is -0.477. The summed E-state index contributed by atoms with van der Waals surface area (Å²) in [6.07, 6.45) is 1.47. The first kappa shape index (κ1) is 16.7. The van der Waals surface area contributed by atoms with Gasteiger partial charge in [-0.3, -0.25) is 4.99 Å². The van der Waals surface area contributed by atoms with Crippen LogP contribution in [0.15, 0.2) is 93.1 Å². The standard InChI is InChI=1S/C22H14FNO3/c23-19-7-3-1-5-15(19)14-24-16-9-11-17(12-10-16)26-21-13-22(25)27-20-8-4-2-6-18(20)21/h1-14H. The number of ether oxygens (including phenoxy) is 1. The molecule has 0 saturated heterocycles. The molecule has 0 bridgehead atoms. The number of hydrogen-bond donors (Lipinski definition) is 0. The summed E-state index contributed by atoms with van der Waals surface area (Å²) in [5, 5.41) is 0.707. The van der Waals surface area contributed by atoms with E-state index in [9.17, 15) is 9.18 Å². The highest BCUT2D eigenvalue weighted by Crippen LogP contribution is 2.29. The summed E-state index contributed by atoms with van der Waals surface area (Å²) in [4.78, 5) is 16.0. The second kappa shape index (κ2) is 7.25. The van der Waals surface area contributed by atoms with Gasteiger partial charge in [0.15, 0.2) is 0 Å². The van der Waals surface area contributed by atoms with Crippen molar-refractivity contribution in [2.75, 3.05) is 0 Å². The van der Waals surface area contributed by atoms with E-state index in [1.165, 1.54) is 18.3 Å². The van der Waals surface area contributed by atoms with Crippen LogP contribution in [-0.2, 0) is 0 Å². The quantitative estimate of drug-likeness (QED) is 0.358. The Labute approximate surface area is 154 Å². The predicted octanol–water partition coefficient (Wildman–Crippen LogP) is 5.48. The first-order chi connectivity index (χ1) is 13.2. The molecule has 3 aromatic carbocycles. The smallest absolute Gasteiger partial charge is 0.339 e. The molecule has 0 unspecified atom stereocenters. The zero-order valence-corrected chi connectivity index (χ0v) is 14.1. The number of fused-ring (bicyclic) bond motifs is 1. The maximum atomic E-state index is 13.6. The van der Waals surface area contributed by atoms with Crippen LogP contribution in [0.3, 0.4) is 0 Å². The number of halogens is 1. The lowest BCUT2D eigenvalue weighted by Crippen LogP contribution is -1.98. The SMILES string of the molecule is O=c1cc(Oc2ccc(N=Cc3ccccc3F)cc2)c2ccccc2o1. The van der Waals surface area contributed by atoms with Crippen molar-refractivity contribution in [2.45, 2.75) is 0 Å². The Hall–Kier alpha value is -3.73. The Balaban J connectivity index is 1.57. The number of aliphatic imine (C=N–C) groups is 1. The molecule has 0 atom stereocenters. The molecule has 0 aliphatic heterocycles. The van der Waals surface area contributed by atoms with Crippen LogP contribution < -0.4 is 10.4 Å². The summed E-state index contributed by atoms with van der Waals surface area (Å²) in [5.41, 5.74) is 1.06. The van der Waals surface area contributed by atoms with Crippen LogP contribution >= 0.6 is 0 Å². The van der Waals surface area contributed by atoms with Crippen molar-refractivity contribution in [3.63, 3.8) is 0 Å². The molecule has 0 aliphatic rings. The average molecular weight is 359 g/mol. The zero-order valence-electron chi connectivity index (χ0n) is 14.1. The second-order valence-corrected chi connectivity index (χ2v) is 5.80. The Morgan fingerprint density at radius 1 is 0.926 bits per heavy atom. The average Bonchev–Trinajstić information content (AvgIpc) is 2.68. The van der Waals surface area contributed by atoms with Crippen molar-refractivity contribution in [3.05, 3.63) is 101 Å². The number of rotatable bonds is 4. The summed E-state index contributed by atoms with van der Waals surface area (Å²) in [5.74, 6) is 0.649. The summed E-state index contributed by atoms with van der Waals surface area (Å²) in [6, 6.07) is 21.9. The van der Waals surface area contributed by atoms with Crippen molar-refractivity contribution in [3.8, 4) is 11.5 Å². The van der Waals surface area contributed by atoms with Gasteiger partial charge in [-0.2, -0.15) is 0 Å². The van der Waals surface area contributed by atoms with Gasteiger partial charge in [0.25, 0.3) is 0 Å². The molecule has 0 spiro atoms. The molecular formula is C22H14FNO3. The van der Waals surface area contributed by atoms with Crippen LogP contribution in [0.5, 0.6) is 11.5 Å². The minimum Gasteiger partial charge on any atom is -0.456 e. The van der Waals surface area contributed by atoms with Crippen molar-refractivity contribution >= 4 is 22.9 Å². The van der Waals surface area contributed by atoms with E-state index in [0.717, 1.165) is 0 Å². The third-order valence-corrected chi connectivity index (χ3v) is 3.93. The van der Waals surface area contributed by atoms with E-state index in [2.05, 4.69) is 4.99 Å². The van der Waals surface area contributed by atoms with Gasteiger partial charge in [0.05, 0.1) is 17.1 Å². The van der Waals surface area contributed by atoms with E-state index >= 15 is 0 Å². The van der Waals surface area contributed by atoms with E-state index < -0.39 is 5.63 Å². The van der Waals surface area contributed by atoms with Gasteiger partial charge in [0, 0.05) is 11.8 Å². The lowest BCUT2D eigenvalue weighted by Gasteiger charge is -2.08. The summed E-state index contributed by atoms with van der Waals surface area (Å²) in [6.45, 7) is 0. The number of nitrogens with zero attached hydrogens (tertiary/aromatic N) is 1. The molecule has 4 nitrogen and oxygen atoms in total. The van der Waals surface area contributed by atoms with E-state index in [1.807, 2.05) is 12.1 Å². The Morgan fingerprint density at radius 2 is 1.67 bits per heavy atom. The van der Waals surface area contributed by atoms with Crippen LogP contribution in [0, 0.1) is 5.82 Å². The van der Waals surface area contributed by atoms with Crippen LogP contribution in [0.4, 0.5) is 10.1 Å². The molecule has 4 aromatic rings. The van der Waals surface area contributed by atoms with E-state index in [1.54, 1.807) is 54.6 Å². The highest BCUT2D eigenvalue weighted by atomic mass is 19.1. The lowest BCUT2D eigenvalue weighted by molar-refractivity contribution is 0.475. The molecule has 0 aliphatic carbocycles. The highest BCUT2D eigenvalue weighted by Gasteiger charge is 2.07. The van der Waals surface area contributed by atoms with Crippen LogP contribution in [-0.4, -0.2) is 6.21 Å². The largest absolute Gasteiger partial charge is 0.456 e. The molecule has 1 aromatic heterocycles. The van der Waals surface area contributed by atoms with Crippen molar-refractivity contribution < 1.29 is 13.5 Å². The molecule has 1 heterocycles. The van der Waals surface area contributed by atoms with Crippen molar-refractivity contribution in [1.29, 1.82) is 0 Å². The Bertz CT molecular complexity index is 1180. The van der Waals surface area contributed by atoms with Gasteiger partial charge in [-0.05, 0) is 42.5 Å². The van der Waals surface area contributed by atoms with E-state index in [4.69, 9.17) is 9.15 Å². The number of para-hydroxylation sites is 1. The molecule has 4 rings (SSSR count). The molecule has 0 saturated carbocycles. The van der Waals surface area contributed by atoms with Crippen LogP contribution in [0.1, 0.15) is 5.56 Å². The molecular weight excluding hydrogens is 345 g/mol. The third kappa shape index (κ3) is 3.77. The first-order valence-electron chi connectivity index (χ1n) is 8.28. The third-order valence-electron chi connectivity index (χ3n) is 3.93. The van der Waals surface area contributed by atoms with Gasteiger partial charge < -0.3 is 9.15 Å². The molecule has 132 valence electrons. The van der Waals surface area contributed by atoms with Crippen molar-refractivity contribution in [2.24, 2.45) is 4.99 Å².